The van der Waals surface area contributed by atoms with Crippen molar-refractivity contribution in [1.29, 1.82) is 0 Å². The van der Waals surface area contributed by atoms with Gasteiger partial charge in [-0.05, 0) is 42.9 Å². The number of aryl methyl sites for hydroxylation is 1. The van der Waals surface area contributed by atoms with Crippen LogP contribution in [0.5, 0.6) is 0 Å². The van der Waals surface area contributed by atoms with Crippen molar-refractivity contribution in [2.45, 2.75) is 25.7 Å². The van der Waals surface area contributed by atoms with Crippen LogP contribution >= 0.6 is 0 Å². The van der Waals surface area contributed by atoms with Gasteiger partial charge in [0.1, 0.15) is 0 Å². The third-order valence-electron chi connectivity index (χ3n) is 2.81. The van der Waals surface area contributed by atoms with Crippen LogP contribution < -0.4 is 5.73 Å². The molecule has 1 aliphatic rings. The highest BCUT2D eigenvalue weighted by Gasteiger charge is 2.17. The lowest BCUT2D eigenvalue weighted by Gasteiger charge is -2.18. The largest absolute Gasteiger partial charge is 0.478 e. The van der Waals surface area contributed by atoms with Gasteiger partial charge < -0.3 is 10.8 Å². The summed E-state index contributed by atoms with van der Waals surface area (Å²) in [6, 6.07) is 3.51. The van der Waals surface area contributed by atoms with Crippen LogP contribution in [0.2, 0.25) is 0 Å². The summed E-state index contributed by atoms with van der Waals surface area (Å²) >= 11 is 0. The lowest BCUT2D eigenvalue weighted by Crippen LogP contribution is -2.11. The van der Waals surface area contributed by atoms with Gasteiger partial charge in [0, 0.05) is 5.69 Å². The summed E-state index contributed by atoms with van der Waals surface area (Å²) in [5.41, 5.74) is 8.81. The minimum absolute atomic E-state index is 0.241. The van der Waals surface area contributed by atoms with Crippen LogP contribution in [0, 0.1) is 0 Å². The predicted molar refractivity (Wildman–Crippen MR) is 54.5 cm³/mol. The number of nitrogen functional groups attached to an aromatic ring is 1. The van der Waals surface area contributed by atoms with E-state index in [1.165, 1.54) is 12.0 Å². The van der Waals surface area contributed by atoms with E-state index in [0.29, 0.717) is 5.69 Å². The molecule has 0 spiro atoms. The molecular formula is C11H13NO2. The Morgan fingerprint density at radius 1 is 1.29 bits per heavy atom. The van der Waals surface area contributed by atoms with E-state index in [9.17, 15) is 4.79 Å². The molecule has 0 bridgehead atoms. The van der Waals surface area contributed by atoms with Crippen molar-refractivity contribution in [1.82, 2.24) is 0 Å². The van der Waals surface area contributed by atoms with Gasteiger partial charge in [0.2, 0.25) is 0 Å². The summed E-state index contributed by atoms with van der Waals surface area (Å²) in [5, 5.41) is 8.89. The van der Waals surface area contributed by atoms with Gasteiger partial charge in [-0.2, -0.15) is 0 Å². The first kappa shape index (κ1) is 9.06. The Balaban J connectivity index is 2.54. The van der Waals surface area contributed by atoms with E-state index in [1.54, 1.807) is 6.07 Å². The quantitative estimate of drug-likeness (QED) is 0.666. The van der Waals surface area contributed by atoms with Crippen LogP contribution in [-0.2, 0) is 12.8 Å². The molecule has 1 aromatic carbocycles. The summed E-state index contributed by atoms with van der Waals surface area (Å²) in [4.78, 5) is 10.8. The van der Waals surface area contributed by atoms with Crippen LogP contribution in [0.3, 0.4) is 0 Å². The zero-order chi connectivity index (χ0) is 10.1. The Bertz CT molecular complexity index is 385. The molecule has 14 heavy (non-hydrogen) atoms. The number of carboxylic acid groups (broad SMARTS) is 1. The van der Waals surface area contributed by atoms with Gasteiger partial charge >= 0.3 is 5.97 Å². The fourth-order valence-electron chi connectivity index (χ4n) is 2.04. The molecule has 1 aromatic rings. The second-order valence-electron chi connectivity index (χ2n) is 3.68. The molecule has 0 aromatic heterocycles. The summed E-state index contributed by atoms with van der Waals surface area (Å²) < 4.78 is 0. The molecule has 1 aliphatic carbocycles. The molecule has 2 rings (SSSR count). The van der Waals surface area contributed by atoms with Crippen LogP contribution in [-0.4, -0.2) is 11.1 Å². The topological polar surface area (TPSA) is 63.3 Å². The van der Waals surface area contributed by atoms with E-state index in [2.05, 4.69) is 0 Å². The predicted octanol–water partition coefficient (Wildman–Crippen LogP) is 1.85. The molecule has 3 N–H and O–H groups in total. The molecule has 0 amide bonds. The van der Waals surface area contributed by atoms with E-state index < -0.39 is 5.97 Å². The Hall–Kier alpha value is -1.51. The Labute approximate surface area is 82.5 Å². The van der Waals surface area contributed by atoms with Crippen molar-refractivity contribution in [3.63, 3.8) is 0 Å². The van der Waals surface area contributed by atoms with E-state index >= 15 is 0 Å². The number of anilines is 1. The number of carbonyl (C=O) groups is 1. The first-order valence-corrected chi connectivity index (χ1v) is 4.83. The van der Waals surface area contributed by atoms with Gasteiger partial charge in [-0.25, -0.2) is 4.79 Å². The fourth-order valence-corrected chi connectivity index (χ4v) is 2.04. The number of benzene rings is 1. The third kappa shape index (κ3) is 1.35. The van der Waals surface area contributed by atoms with Gasteiger partial charge in [0.25, 0.3) is 0 Å². The van der Waals surface area contributed by atoms with Crippen molar-refractivity contribution in [3.05, 3.63) is 28.8 Å². The Kier molecular flexibility index (Phi) is 2.15. The second-order valence-corrected chi connectivity index (χ2v) is 3.68. The lowest BCUT2D eigenvalue weighted by molar-refractivity contribution is 0.0698. The van der Waals surface area contributed by atoms with Crippen molar-refractivity contribution >= 4 is 11.7 Å². The minimum atomic E-state index is -0.934. The van der Waals surface area contributed by atoms with E-state index in [1.807, 2.05) is 6.07 Å². The van der Waals surface area contributed by atoms with Crippen LogP contribution in [0.1, 0.15) is 34.3 Å². The maximum absolute atomic E-state index is 10.8. The van der Waals surface area contributed by atoms with Gasteiger partial charge in [-0.1, -0.05) is 6.07 Å². The lowest BCUT2D eigenvalue weighted by atomic mass is 9.89. The van der Waals surface area contributed by atoms with Crippen molar-refractivity contribution in [2.75, 3.05) is 5.73 Å². The Morgan fingerprint density at radius 3 is 2.71 bits per heavy atom. The SMILES string of the molecule is Nc1c(C(=O)O)ccc2c1CCCC2. The maximum Gasteiger partial charge on any atom is 0.337 e. The van der Waals surface area contributed by atoms with Crippen molar-refractivity contribution in [2.24, 2.45) is 0 Å². The van der Waals surface area contributed by atoms with Crippen molar-refractivity contribution in [3.8, 4) is 0 Å². The zero-order valence-electron chi connectivity index (χ0n) is 7.92. The number of carboxylic acids is 1. The summed E-state index contributed by atoms with van der Waals surface area (Å²) in [5.74, 6) is -0.934. The number of hydrogen-bond acceptors (Lipinski definition) is 2. The second kappa shape index (κ2) is 3.33. The molecule has 0 fully saturated rings. The highest BCUT2D eigenvalue weighted by atomic mass is 16.4. The normalized spacial score (nSPS) is 14.9. The Morgan fingerprint density at radius 2 is 2.00 bits per heavy atom. The molecular weight excluding hydrogens is 178 g/mol. The van der Waals surface area contributed by atoms with Gasteiger partial charge in [0.15, 0.2) is 0 Å². The number of rotatable bonds is 1. The highest BCUT2D eigenvalue weighted by Crippen LogP contribution is 2.28. The molecule has 0 heterocycles. The molecule has 0 aliphatic heterocycles. The molecule has 0 saturated heterocycles. The monoisotopic (exact) mass is 191 g/mol. The first-order chi connectivity index (χ1) is 6.70. The van der Waals surface area contributed by atoms with Crippen LogP contribution in [0.4, 0.5) is 5.69 Å². The van der Waals surface area contributed by atoms with Gasteiger partial charge in [-0.15, -0.1) is 0 Å². The average Bonchev–Trinajstić information content (AvgIpc) is 2.18. The molecule has 0 atom stereocenters. The zero-order valence-corrected chi connectivity index (χ0v) is 7.92. The van der Waals surface area contributed by atoms with E-state index in [-0.39, 0.29) is 5.56 Å². The molecule has 0 unspecified atom stereocenters. The molecule has 3 heteroatoms. The molecule has 0 radical (unpaired) electrons. The van der Waals surface area contributed by atoms with Crippen LogP contribution in [0.15, 0.2) is 12.1 Å². The van der Waals surface area contributed by atoms with Crippen LogP contribution in [0.25, 0.3) is 0 Å². The number of hydrogen-bond donors (Lipinski definition) is 2. The van der Waals surface area contributed by atoms with E-state index in [4.69, 9.17) is 10.8 Å². The summed E-state index contributed by atoms with van der Waals surface area (Å²) in [6.07, 6.45) is 4.24. The van der Waals surface area contributed by atoms with E-state index in [0.717, 1.165) is 24.8 Å². The molecule has 74 valence electrons. The number of aromatic carboxylic acids is 1. The molecule has 0 saturated carbocycles. The first-order valence-electron chi connectivity index (χ1n) is 4.83. The average molecular weight is 191 g/mol. The van der Waals surface area contributed by atoms with Gasteiger partial charge in [-0.3, -0.25) is 0 Å². The number of nitrogens with two attached hydrogens (primary N) is 1. The molecule has 3 nitrogen and oxygen atoms in total. The van der Waals surface area contributed by atoms with Gasteiger partial charge in [0.05, 0.1) is 5.56 Å². The van der Waals surface area contributed by atoms with Crippen molar-refractivity contribution < 1.29 is 9.90 Å². The minimum Gasteiger partial charge on any atom is -0.478 e. The number of fused-ring (bicyclic) bond motifs is 1. The maximum atomic E-state index is 10.8. The summed E-state index contributed by atoms with van der Waals surface area (Å²) in [6.45, 7) is 0. The fraction of sp³-hybridized carbons (Fsp3) is 0.364. The highest BCUT2D eigenvalue weighted by molar-refractivity contribution is 5.94. The summed E-state index contributed by atoms with van der Waals surface area (Å²) in [7, 11) is 0. The standard InChI is InChI=1S/C11H13NO2/c12-10-8-4-2-1-3-7(8)5-6-9(10)11(13)14/h5-6H,1-4,12H2,(H,13,14). The smallest absolute Gasteiger partial charge is 0.337 e. The third-order valence-corrected chi connectivity index (χ3v) is 2.81.